The fraction of sp³-hybridized carbons (Fsp3) is 0.333. The Balaban J connectivity index is 1.78. The Kier molecular flexibility index (Phi) is 10.8. The number of rotatable bonds is 14. The lowest BCUT2D eigenvalue weighted by atomic mass is 9.82. The molecule has 1 heterocycles. The van der Waals surface area contributed by atoms with Crippen LogP contribution in [0.1, 0.15) is 55.0 Å². The summed E-state index contributed by atoms with van der Waals surface area (Å²) < 4.78 is 12.3. The van der Waals surface area contributed by atoms with E-state index in [0.29, 0.717) is 36.8 Å². The first-order chi connectivity index (χ1) is 20.5. The van der Waals surface area contributed by atoms with E-state index in [0.717, 1.165) is 16.7 Å². The molecule has 0 saturated carbocycles. The average Bonchev–Trinajstić information content (AvgIpc) is 3.40. The van der Waals surface area contributed by atoms with Crippen LogP contribution in [-0.2, 0) is 16.1 Å². The summed E-state index contributed by atoms with van der Waals surface area (Å²) in [5, 5.41) is 15.9. The summed E-state index contributed by atoms with van der Waals surface area (Å²) in [7, 11) is 0. The van der Waals surface area contributed by atoms with E-state index in [2.05, 4.69) is 15.3 Å². The first kappa shape index (κ1) is 30.4. The number of ether oxygens (including phenoxy) is 2. The van der Waals surface area contributed by atoms with Crippen molar-refractivity contribution in [3.05, 3.63) is 118 Å². The number of aliphatic imine (C=N–C) groups is 1. The first-order valence-corrected chi connectivity index (χ1v) is 14.2. The van der Waals surface area contributed by atoms with Crippen molar-refractivity contribution in [3.63, 3.8) is 0 Å². The van der Waals surface area contributed by atoms with Crippen molar-refractivity contribution in [2.45, 2.75) is 44.9 Å². The van der Waals surface area contributed by atoms with Crippen LogP contribution in [0.5, 0.6) is 5.75 Å². The van der Waals surface area contributed by atoms with Crippen LogP contribution in [0.15, 0.2) is 95.0 Å². The normalized spacial score (nSPS) is 17.9. The van der Waals surface area contributed by atoms with E-state index in [-0.39, 0.29) is 31.4 Å². The van der Waals surface area contributed by atoms with Crippen LogP contribution in [0.25, 0.3) is 16.5 Å². The Bertz CT molecular complexity index is 1430. The summed E-state index contributed by atoms with van der Waals surface area (Å²) in [5.41, 5.74) is 10.9. The molecule has 9 heteroatoms. The molecule has 0 aliphatic carbocycles. The predicted octanol–water partition coefficient (Wildman–Crippen LogP) is 6.39. The van der Waals surface area contributed by atoms with Gasteiger partial charge in [-0.3, -0.25) is 4.79 Å². The second-order valence-electron chi connectivity index (χ2n) is 10.5. The van der Waals surface area contributed by atoms with Crippen LogP contribution in [0.3, 0.4) is 0 Å². The van der Waals surface area contributed by atoms with E-state index in [4.69, 9.17) is 25.1 Å². The highest BCUT2D eigenvalue weighted by molar-refractivity contribution is 6.01. The third-order valence-electron chi connectivity index (χ3n) is 6.88. The zero-order valence-electron chi connectivity index (χ0n) is 24.0. The van der Waals surface area contributed by atoms with E-state index < -0.39 is 11.6 Å². The molecule has 0 aromatic heterocycles. The molecule has 0 radical (unpaired) electrons. The molecule has 1 aliphatic rings. The Morgan fingerprint density at radius 2 is 1.88 bits per heavy atom. The van der Waals surface area contributed by atoms with E-state index in [1.54, 1.807) is 0 Å². The highest BCUT2D eigenvalue weighted by Gasteiger charge is 2.53. The van der Waals surface area contributed by atoms with E-state index in [1.807, 2.05) is 105 Å². The van der Waals surface area contributed by atoms with Gasteiger partial charge in [-0.2, -0.15) is 0 Å². The van der Waals surface area contributed by atoms with Gasteiger partial charge in [0.05, 0.1) is 13.2 Å². The number of azide groups is 1. The summed E-state index contributed by atoms with van der Waals surface area (Å²) in [6.45, 7) is 5.15. The first-order valence-electron chi connectivity index (χ1n) is 14.2. The van der Waals surface area contributed by atoms with Gasteiger partial charge in [-0.1, -0.05) is 85.7 Å². The summed E-state index contributed by atoms with van der Waals surface area (Å²) in [5.74, 6) is 1.00. The van der Waals surface area contributed by atoms with E-state index >= 15 is 0 Å². The number of amides is 1. The van der Waals surface area contributed by atoms with Crippen molar-refractivity contribution in [3.8, 4) is 5.75 Å². The lowest BCUT2D eigenvalue weighted by Gasteiger charge is -2.31. The number of carbonyl (C=O) groups is 1. The molecule has 3 aromatic carbocycles. The third kappa shape index (κ3) is 7.57. The van der Waals surface area contributed by atoms with Crippen molar-refractivity contribution in [2.75, 3.05) is 19.8 Å². The van der Waals surface area contributed by atoms with Gasteiger partial charge < -0.3 is 19.9 Å². The summed E-state index contributed by atoms with van der Waals surface area (Å²) in [6, 6.07) is 24.7. The van der Waals surface area contributed by atoms with Crippen LogP contribution < -0.4 is 10.1 Å². The lowest BCUT2D eigenvalue weighted by Crippen LogP contribution is -2.49. The molecule has 9 nitrogen and oxygen atoms in total. The predicted molar refractivity (Wildman–Crippen MR) is 164 cm³/mol. The minimum absolute atomic E-state index is 0.0605. The van der Waals surface area contributed by atoms with Crippen LogP contribution in [0, 0.1) is 5.92 Å². The van der Waals surface area contributed by atoms with Gasteiger partial charge in [-0.25, -0.2) is 4.99 Å². The highest BCUT2D eigenvalue weighted by Crippen LogP contribution is 2.44. The summed E-state index contributed by atoms with van der Waals surface area (Å²) in [4.78, 5) is 22.1. The average molecular weight is 568 g/mol. The smallest absolute Gasteiger partial charge is 0.252 e. The SMILES string of the molecule is CC(C)CNC(=O)[C@]1(C/C=C/c2ccccc2)N=C(c2ccc(OCCCO)cc2)O[C@@H]1c1ccccc1CN=[N+]=[N-]. The fourth-order valence-electron chi connectivity index (χ4n) is 4.72. The minimum Gasteiger partial charge on any atom is -0.494 e. The maximum Gasteiger partial charge on any atom is 0.252 e. The zero-order valence-corrected chi connectivity index (χ0v) is 24.0. The van der Waals surface area contributed by atoms with Crippen molar-refractivity contribution < 1.29 is 19.4 Å². The molecule has 218 valence electrons. The standard InChI is InChI=1S/C33H37N5O4/c1-24(2)22-35-32(40)33(19-8-12-25-10-4-3-5-11-25)30(29-14-7-6-13-27(29)23-36-38-34)42-31(37-33)26-15-17-28(18-16-26)41-21-9-20-39/h3-8,10-18,24,30,39H,9,19-23H2,1-2H3,(H,35,40)/b12-8+/t30-,33-/m1/s1. The van der Waals surface area contributed by atoms with Gasteiger partial charge in [-0.15, -0.1) is 0 Å². The molecule has 2 atom stereocenters. The van der Waals surface area contributed by atoms with E-state index in [1.165, 1.54) is 0 Å². The second-order valence-corrected chi connectivity index (χ2v) is 10.5. The number of hydrogen-bond acceptors (Lipinski definition) is 6. The second kappa shape index (κ2) is 14.9. The Morgan fingerprint density at radius 1 is 1.14 bits per heavy atom. The molecule has 4 rings (SSSR count). The number of carbonyl (C=O) groups excluding carboxylic acids is 1. The van der Waals surface area contributed by atoms with Crippen LogP contribution in [0.2, 0.25) is 0 Å². The largest absolute Gasteiger partial charge is 0.494 e. The maximum atomic E-state index is 14.1. The molecule has 1 aliphatic heterocycles. The number of benzene rings is 3. The van der Waals surface area contributed by atoms with Gasteiger partial charge in [0, 0.05) is 36.5 Å². The van der Waals surface area contributed by atoms with Crippen LogP contribution in [0.4, 0.5) is 0 Å². The number of aliphatic hydroxyl groups excluding tert-OH is 1. The third-order valence-corrected chi connectivity index (χ3v) is 6.88. The van der Waals surface area contributed by atoms with Gasteiger partial charge in [0.2, 0.25) is 5.90 Å². The van der Waals surface area contributed by atoms with Crippen LogP contribution in [-0.4, -0.2) is 42.2 Å². The monoisotopic (exact) mass is 567 g/mol. The molecule has 0 spiro atoms. The zero-order chi connectivity index (χ0) is 29.8. The molecule has 0 unspecified atom stereocenters. The molecular formula is C33H37N5O4. The number of aliphatic hydroxyl groups is 1. The van der Waals surface area contributed by atoms with Crippen molar-refractivity contribution >= 4 is 17.9 Å². The number of hydrogen-bond donors (Lipinski definition) is 2. The topological polar surface area (TPSA) is 129 Å². The Hall–Kier alpha value is -4.59. The molecular weight excluding hydrogens is 530 g/mol. The van der Waals surface area contributed by atoms with Crippen molar-refractivity contribution in [2.24, 2.45) is 16.0 Å². The summed E-state index contributed by atoms with van der Waals surface area (Å²) >= 11 is 0. The lowest BCUT2D eigenvalue weighted by molar-refractivity contribution is -0.129. The van der Waals surface area contributed by atoms with Gasteiger partial charge in [0.15, 0.2) is 11.6 Å². The molecule has 0 fully saturated rings. The van der Waals surface area contributed by atoms with Crippen LogP contribution >= 0.6 is 0 Å². The molecule has 2 N–H and O–H groups in total. The van der Waals surface area contributed by atoms with Gasteiger partial charge in [-0.05, 0) is 52.4 Å². The minimum atomic E-state index is -1.32. The molecule has 0 saturated heterocycles. The number of nitrogens with one attached hydrogen (secondary N) is 1. The summed E-state index contributed by atoms with van der Waals surface area (Å²) in [6.07, 6.45) is 3.98. The molecule has 3 aromatic rings. The molecule has 1 amide bonds. The van der Waals surface area contributed by atoms with Gasteiger partial charge >= 0.3 is 0 Å². The number of nitrogens with zero attached hydrogens (tertiary/aromatic N) is 4. The van der Waals surface area contributed by atoms with Crippen molar-refractivity contribution in [1.82, 2.24) is 5.32 Å². The maximum absolute atomic E-state index is 14.1. The Labute approximate surface area is 246 Å². The molecule has 0 bridgehead atoms. The van der Waals surface area contributed by atoms with Gasteiger partial charge in [0.25, 0.3) is 5.91 Å². The fourth-order valence-corrected chi connectivity index (χ4v) is 4.72. The Morgan fingerprint density at radius 3 is 2.60 bits per heavy atom. The highest BCUT2D eigenvalue weighted by atomic mass is 16.5. The van der Waals surface area contributed by atoms with Gasteiger partial charge in [0.1, 0.15) is 5.75 Å². The van der Waals surface area contributed by atoms with E-state index in [9.17, 15) is 4.79 Å². The molecule has 42 heavy (non-hydrogen) atoms. The quantitative estimate of drug-likeness (QED) is 0.101. The van der Waals surface area contributed by atoms with Crippen molar-refractivity contribution in [1.29, 1.82) is 0 Å².